The number of hydrogen-bond acceptors (Lipinski definition) is 7. The molecule has 0 bridgehead atoms. The summed E-state index contributed by atoms with van der Waals surface area (Å²) in [4.78, 5) is 23.1. The van der Waals surface area contributed by atoms with Gasteiger partial charge in [-0.05, 0) is 24.6 Å². The van der Waals surface area contributed by atoms with Crippen LogP contribution >= 0.6 is 0 Å². The van der Waals surface area contributed by atoms with Crippen LogP contribution in [0.25, 0.3) is 0 Å². The molecule has 1 heterocycles. The minimum Gasteiger partial charge on any atom is -0.454 e. The molecule has 1 aliphatic rings. The monoisotopic (exact) mass is 304 g/mol. The Labute approximate surface area is 126 Å². The van der Waals surface area contributed by atoms with E-state index in [1.807, 2.05) is 12.1 Å². The van der Waals surface area contributed by atoms with E-state index in [0.29, 0.717) is 18.0 Å². The fourth-order valence-electron chi connectivity index (χ4n) is 2.22. The van der Waals surface area contributed by atoms with Gasteiger partial charge in [-0.15, -0.1) is 0 Å². The van der Waals surface area contributed by atoms with Crippen LogP contribution in [-0.2, 0) is 6.54 Å². The molecule has 0 saturated carbocycles. The molecular formula is C15H16N2O5. The molecule has 0 aromatic heterocycles. The second-order valence-electron chi connectivity index (χ2n) is 5.18. The van der Waals surface area contributed by atoms with Gasteiger partial charge < -0.3 is 25.2 Å². The first kappa shape index (κ1) is 14.4. The highest BCUT2D eigenvalue weighted by molar-refractivity contribution is 5.74. The Hall–Kier alpha value is -2.54. The number of fused-ring (bicyclic) bond motifs is 1. The van der Waals surface area contributed by atoms with Crippen molar-refractivity contribution in [2.45, 2.75) is 19.6 Å². The summed E-state index contributed by atoms with van der Waals surface area (Å²) in [7, 11) is 0. The van der Waals surface area contributed by atoms with Gasteiger partial charge in [-0.3, -0.25) is 9.59 Å². The molecule has 1 atom stereocenters. The molecule has 0 saturated heterocycles. The van der Waals surface area contributed by atoms with E-state index in [4.69, 9.17) is 9.47 Å². The van der Waals surface area contributed by atoms with Crippen LogP contribution in [0.2, 0.25) is 0 Å². The van der Waals surface area contributed by atoms with E-state index in [9.17, 15) is 14.7 Å². The van der Waals surface area contributed by atoms with E-state index in [1.54, 1.807) is 13.0 Å². The molecule has 1 aliphatic heterocycles. The number of aliphatic hydroxyl groups is 1. The van der Waals surface area contributed by atoms with Gasteiger partial charge in [0, 0.05) is 13.1 Å². The summed E-state index contributed by atoms with van der Waals surface area (Å²) in [6.07, 6.45) is -0.605. The van der Waals surface area contributed by atoms with E-state index >= 15 is 0 Å². The molecule has 7 heteroatoms. The zero-order valence-corrected chi connectivity index (χ0v) is 12.0. The van der Waals surface area contributed by atoms with Crippen molar-refractivity contribution in [3.8, 4) is 11.5 Å². The van der Waals surface area contributed by atoms with Gasteiger partial charge in [0.25, 0.3) is 10.9 Å². The van der Waals surface area contributed by atoms with Crippen molar-refractivity contribution in [3.63, 3.8) is 0 Å². The van der Waals surface area contributed by atoms with Crippen molar-refractivity contribution in [2.75, 3.05) is 24.0 Å². The summed E-state index contributed by atoms with van der Waals surface area (Å²) in [5, 5.41) is 15.0. The summed E-state index contributed by atoms with van der Waals surface area (Å²) in [6.45, 7) is 2.39. The van der Waals surface area contributed by atoms with Gasteiger partial charge in [-0.25, -0.2) is 0 Å². The Morgan fingerprint density at radius 1 is 1.14 bits per heavy atom. The van der Waals surface area contributed by atoms with Gasteiger partial charge in [-0.2, -0.15) is 0 Å². The lowest BCUT2D eigenvalue weighted by molar-refractivity contribution is 0.174. The molecule has 2 aromatic carbocycles. The second kappa shape index (κ2) is 5.69. The highest BCUT2D eigenvalue weighted by atomic mass is 16.7. The van der Waals surface area contributed by atoms with Gasteiger partial charge in [-0.1, -0.05) is 6.07 Å². The normalized spacial score (nSPS) is 14.1. The lowest BCUT2D eigenvalue weighted by atomic mass is 10.1. The topological polar surface area (TPSA) is 96.9 Å². The first-order valence-electron chi connectivity index (χ1n) is 6.94. The Bertz CT molecular complexity index is 762. The van der Waals surface area contributed by atoms with E-state index in [0.717, 1.165) is 5.56 Å². The maximum absolute atomic E-state index is 11.6. The summed E-state index contributed by atoms with van der Waals surface area (Å²) in [5.74, 6) is 1.36. The molecule has 0 radical (unpaired) electrons. The molecule has 0 spiro atoms. The van der Waals surface area contributed by atoms with Crippen LogP contribution in [0.15, 0.2) is 27.8 Å². The van der Waals surface area contributed by atoms with Crippen LogP contribution in [0.4, 0.5) is 11.4 Å². The molecular weight excluding hydrogens is 288 g/mol. The quantitative estimate of drug-likeness (QED) is 0.665. The SMILES string of the molecule is C[C@@H](O)CNc1c(NCc2ccc3c(c2)OCO3)c(=O)c1=O. The van der Waals surface area contributed by atoms with Crippen molar-refractivity contribution in [3.05, 3.63) is 44.2 Å². The zero-order chi connectivity index (χ0) is 15.7. The number of benzene rings is 1. The maximum Gasteiger partial charge on any atom is 0.253 e. The number of hydrogen-bond donors (Lipinski definition) is 3. The number of rotatable bonds is 6. The number of aliphatic hydroxyl groups excluding tert-OH is 1. The molecule has 22 heavy (non-hydrogen) atoms. The van der Waals surface area contributed by atoms with Gasteiger partial charge in [0.05, 0.1) is 6.10 Å². The maximum atomic E-state index is 11.6. The van der Waals surface area contributed by atoms with E-state index in [2.05, 4.69) is 10.6 Å². The second-order valence-corrected chi connectivity index (χ2v) is 5.18. The van der Waals surface area contributed by atoms with E-state index in [-0.39, 0.29) is 24.7 Å². The third-order valence-corrected chi connectivity index (χ3v) is 3.39. The molecule has 2 aromatic rings. The van der Waals surface area contributed by atoms with Crippen molar-refractivity contribution in [2.24, 2.45) is 0 Å². The Morgan fingerprint density at radius 2 is 1.82 bits per heavy atom. The van der Waals surface area contributed by atoms with Crippen LogP contribution in [0.5, 0.6) is 11.5 Å². The molecule has 0 aliphatic carbocycles. The number of ether oxygens (including phenoxy) is 2. The molecule has 116 valence electrons. The van der Waals surface area contributed by atoms with Crippen molar-refractivity contribution in [1.29, 1.82) is 0 Å². The van der Waals surface area contributed by atoms with Gasteiger partial charge in [0.1, 0.15) is 11.4 Å². The fourth-order valence-corrected chi connectivity index (χ4v) is 2.22. The standard InChI is InChI=1S/C15H16N2O5/c1-8(18)5-16-12-13(15(20)14(12)19)17-6-9-2-3-10-11(4-9)22-7-21-10/h2-4,8,16-18H,5-7H2,1H3/t8-/m1/s1. The Balaban J connectivity index is 1.68. The lowest BCUT2D eigenvalue weighted by Gasteiger charge is -2.15. The number of nitrogens with one attached hydrogen (secondary N) is 2. The summed E-state index contributed by atoms with van der Waals surface area (Å²) < 4.78 is 10.5. The van der Waals surface area contributed by atoms with Gasteiger partial charge >= 0.3 is 0 Å². The third-order valence-electron chi connectivity index (χ3n) is 3.39. The third kappa shape index (κ3) is 2.62. The van der Waals surface area contributed by atoms with Crippen LogP contribution < -0.4 is 31.0 Å². The lowest BCUT2D eigenvalue weighted by Crippen LogP contribution is -2.38. The Morgan fingerprint density at radius 3 is 2.55 bits per heavy atom. The first-order valence-corrected chi connectivity index (χ1v) is 6.94. The number of anilines is 2. The summed E-state index contributed by atoms with van der Waals surface area (Å²) >= 11 is 0. The highest BCUT2D eigenvalue weighted by Crippen LogP contribution is 2.32. The average molecular weight is 304 g/mol. The van der Waals surface area contributed by atoms with Crippen molar-refractivity contribution in [1.82, 2.24) is 0 Å². The molecule has 0 amide bonds. The van der Waals surface area contributed by atoms with Gasteiger partial charge in [0.2, 0.25) is 6.79 Å². The minimum absolute atomic E-state index is 0.206. The van der Waals surface area contributed by atoms with Crippen LogP contribution in [0.1, 0.15) is 12.5 Å². The zero-order valence-electron chi connectivity index (χ0n) is 12.0. The van der Waals surface area contributed by atoms with Crippen molar-refractivity contribution < 1.29 is 14.6 Å². The molecule has 3 N–H and O–H groups in total. The first-order chi connectivity index (χ1) is 10.6. The van der Waals surface area contributed by atoms with Crippen LogP contribution in [0, 0.1) is 0 Å². The predicted octanol–water partition coefficient (Wildman–Crippen LogP) is 0.416. The van der Waals surface area contributed by atoms with E-state index < -0.39 is 17.0 Å². The molecule has 0 fully saturated rings. The summed E-state index contributed by atoms with van der Waals surface area (Å²) in [5.41, 5.74) is 0.274. The average Bonchev–Trinajstić information content (AvgIpc) is 2.96. The van der Waals surface area contributed by atoms with Crippen LogP contribution in [0.3, 0.4) is 0 Å². The van der Waals surface area contributed by atoms with Gasteiger partial charge in [0.15, 0.2) is 11.5 Å². The molecule has 7 nitrogen and oxygen atoms in total. The van der Waals surface area contributed by atoms with Crippen molar-refractivity contribution >= 4 is 11.4 Å². The smallest absolute Gasteiger partial charge is 0.253 e. The predicted molar refractivity (Wildman–Crippen MR) is 81.4 cm³/mol. The summed E-state index contributed by atoms with van der Waals surface area (Å²) in [6, 6.07) is 5.48. The fraction of sp³-hybridized carbons (Fsp3) is 0.333. The molecule has 0 unspecified atom stereocenters. The van der Waals surface area contributed by atoms with E-state index in [1.165, 1.54) is 0 Å². The van der Waals surface area contributed by atoms with Crippen LogP contribution in [-0.4, -0.2) is 24.5 Å². The molecule has 3 rings (SSSR count). The highest BCUT2D eigenvalue weighted by Gasteiger charge is 2.21. The largest absolute Gasteiger partial charge is 0.454 e. The Kier molecular flexibility index (Phi) is 3.72. The minimum atomic E-state index is -0.605.